The van der Waals surface area contributed by atoms with Gasteiger partial charge in [-0.1, -0.05) is 48.5 Å². The van der Waals surface area contributed by atoms with E-state index in [-0.39, 0.29) is 24.9 Å². The number of hydrogen-bond acceptors (Lipinski definition) is 5. The molecule has 0 saturated heterocycles. The van der Waals surface area contributed by atoms with E-state index in [1.807, 2.05) is 76.2 Å². The van der Waals surface area contributed by atoms with E-state index in [4.69, 9.17) is 4.42 Å². The second-order valence-electron chi connectivity index (χ2n) is 9.32. The Labute approximate surface area is 204 Å². The van der Waals surface area contributed by atoms with Crippen molar-refractivity contribution in [3.63, 3.8) is 0 Å². The first-order valence-corrected chi connectivity index (χ1v) is 11.8. The first-order chi connectivity index (χ1) is 16.8. The van der Waals surface area contributed by atoms with Crippen LogP contribution in [0.2, 0.25) is 0 Å². The molecule has 0 aliphatic rings. The summed E-state index contributed by atoms with van der Waals surface area (Å²) in [7, 11) is 0. The highest BCUT2D eigenvalue weighted by Crippen LogP contribution is 2.28. The van der Waals surface area contributed by atoms with Crippen molar-refractivity contribution in [2.75, 3.05) is 0 Å². The lowest BCUT2D eigenvalue weighted by atomic mass is 9.96. The zero-order valence-electron chi connectivity index (χ0n) is 20.6. The van der Waals surface area contributed by atoms with E-state index in [0.29, 0.717) is 11.3 Å². The number of aryl methyl sites for hydroxylation is 1. The molecule has 2 amide bonds. The number of furan rings is 1. The van der Waals surface area contributed by atoms with Crippen molar-refractivity contribution in [1.82, 2.24) is 25.2 Å². The highest BCUT2D eigenvalue weighted by Gasteiger charge is 2.35. The molecule has 0 aliphatic carbocycles. The molecular formula is C27H31N5O3. The number of carbonyl (C=O) groups excluding carboxylic acids is 2. The molecule has 35 heavy (non-hydrogen) atoms. The van der Waals surface area contributed by atoms with Gasteiger partial charge >= 0.3 is 0 Å². The van der Waals surface area contributed by atoms with Gasteiger partial charge in [0.05, 0.1) is 18.3 Å². The van der Waals surface area contributed by atoms with Crippen LogP contribution in [0.15, 0.2) is 71.3 Å². The van der Waals surface area contributed by atoms with Gasteiger partial charge in [-0.2, -0.15) is 0 Å². The molecule has 1 atom stereocenters. The Hall–Kier alpha value is -3.94. The van der Waals surface area contributed by atoms with E-state index in [1.54, 1.807) is 28.0 Å². The smallest absolute Gasteiger partial charge is 0.247 e. The second-order valence-corrected chi connectivity index (χ2v) is 9.32. The molecule has 2 aromatic heterocycles. The number of nitrogens with one attached hydrogen (secondary N) is 1. The van der Waals surface area contributed by atoms with Gasteiger partial charge in [-0.3, -0.25) is 9.59 Å². The van der Waals surface area contributed by atoms with E-state index >= 15 is 0 Å². The number of fused-ring (bicyclic) bond motifs is 1. The molecule has 0 spiro atoms. The van der Waals surface area contributed by atoms with Crippen molar-refractivity contribution in [1.29, 1.82) is 0 Å². The molecule has 0 radical (unpaired) electrons. The first-order valence-electron chi connectivity index (χ1n) is 11.8. The Balaban J connectivity index is 1.76. The van der Waals surface area contributed by atoms with Crippen molar-refractivity contribution in [2.45, 2.75) is 58.8 Å². The summed E-state index contributed by atoms with van der Waals surface area (Å²) < 4.78 is 7.14. The number of para-hydroxylation sites is 1. The predicted molar refractivity (Wildman–Crippen MR) is 133 cm³/mol. The Morgan fingerprint density at radius 1 is 1.09 bits per heavy atom. The number of amides is 2. The third kappa shape index (κ3) is 5.42. The van der Waals surface area contributed by atoms with Crippen LogP contribution < -0.4 is 5.32 Å². The molecule has 8 nitrogen and oxygen atoms in total. The predicted octanol–water partition coefficient (Wildman–Crippen LogP) is 4.41. The fourth-order valence-corrected chi connectivity index (χ4v) is 3.98. The van der Waals surface area contributed by atoms with Crippen molar-refractivity contribution >= 4 is 22.8 Å². The van der Waals surface area contributed by atoms with Crippen LogP contribution in [0.25, 0.3) is 11.0 Å². The monoisotopic (exact) mass is 473 g/mol. The minimum atomic E-state index is -0.852. The Morgan fingerprint density at radius 3 is 2.54 bits per heavy atom. The third-order valence-corrected chi connectivity index (χ3v) is 6.32. The molecule has 4 aromatic rings. The molecule has 2 aromatic carbocycles. The van der Waals surface area contributed by atoms with Gasteiger partial charge in [0, 0.05) is 5.54 Å². The first kappa shape index (κ1) is 24.2. The van der Waals surface area contributed by atoms with E-state index in [2.05, 4.69) is 15.6 Å². The maximum Gasteiger partial charge on any atom is 0.247 e. The van der Waals surface area contributed by atoms with Crippen molar-refractivity contribution in [3.05, 3.63) is 83.8 Å². The normalized spacial score (nSPS) is 12.5. The van der Waals surface area contributed by atoms with Crippen molar-refractivity contribution in [3.8, 4) is 0 Å². The molecule has 2 heterocycles. The van der Waals surface area contributed by atoms with Crippen LogP contribution in [0.1, 0.15) is 50.1 Å². The highest BCUT2D eigenvalue weighted by atomic mass is 16.3. The van der Waals surface area contributed by atoms with Gasteiger partial charge in [0.1, 0.15) is 23.9 Å². The van der Waals surface area contributed by atoms with Gasteiger partial charge in [-0.25, -0.2) is 4.68 Å². The lowest BCUT2D eigenvalue weighted by molar-refractivity contribution is -0.143. The molecule has 4 rings (SSSR count). The summed E-state index contributed by atoms with van der Waals surface area (Å²) in [6.45, 7) is 7.98. The minimum absolute atomic E-state index is 0.0615. The zero-order chi connectivity index (χ0) is 25.0. The van der Waals surface area contributed by atoms with E-state index in [9.17, 15) is 9.59 Å². The van der Waals surface area contributed by atoms with Crippen LogP contribution in [0, 0.1) is 6.92 Å². The number of hydrogen-bond donors (Lipinski definition) is 1. The van der Waals surface area contributed by atoms with Crippen LogP contribution in [0.3, 0.4) is 0 Å². The molecular weight excluding hydrogens is 442 g/mol. The fourth-order valence-electron chi connectivity index (χ4n) is 3.98. The molecule has 0 aliphatic heterocycles. The standard InChI is InChI=1S/C27H31N5O3/c1-5-27(3,4)28-26(34)25(21-13-7-6-11-19(21)2)31(17-20-12-10-16-35-20)24(33)18-32-23-15-9-8-14-22(23)29-30-32/h6-16,25H,5,17-18H2,1-4H3,(H,28,34). The summed E-state index contributed by atoms with van der Waals surface area (Å²) in [5, 5.41) is 11.5. The fraction of sp³-hybridized carbons (Fsp3) is 0.333. The molecule has 182 valence electrons. The van der Waals surface area contributed by atoms with E-state index in [0.717, 1.165) is 23.1 Å². The maximum absolute atomic E-state index is 13.9. The van der Waals surface area contributed by atoms with Gasteiger partial charge < -0.3 is 14.6 Å². The summed E-state index contributed by atoms with van der Waals surface area (Å²) in [5.74, 6) is 0.0761. The van der Waals surface area contributed by atoms with Crippen LogP contribution in [0.5, 0.6) is 0 Å². The average Bonchev–Trinajstić information content (AvgIpc) is 3.50. The van der Waals surface area contributed by atoms with Crippen LogP contribution in [0.4, 0.5) is 0 Å². The lowest BCUT2D eigenvalue weighted by Gasteiger charge is -2.34. The third-order valence-electron chi connectivity index (χ3n) is 6.32. The Kier molecular flexibility index (Phi) is 7.00. The van der Waals surface area contributed by atoms with E-state index < -0.39 is 11.6 Å². The topological polar surface area (TPSA) is 93.3 Å². The number of rotatable bonds is 9. The SMILES string of the molecule is CCC(C)(C)NC(=O)C(c1ccccc1C)N(Cc1ccco1)C(=O)Cn1nnc2ccccc21. The average molecular weight is 474 g/mol. The molecule has 0 bridgehead atoms. The van der Waals surface area contributed by atoms with Gasteiger partial charge in [0.2, 0.25) is 11.8 Å². The quantitative estimate of drug-likeness (QED) is 0.389. The minimum Gasteiger partial charge on any atom is -0.467 e. The second kappa shape index (κ2) is 10.1. The summed E-state index contributed by atoms with van der Waals surface area (Å²) in [6.07, 6.45) is 2.31. The molecule has 1 unspecified atom stereocenters. The van der Waals surface area contributed by atoms with Gasteiger partial charge in [-0.05, 0) is 62.6 Å². The highest BCUT2D eigenvalue weighted by molar-refractivity contribution is 5.90. The molecule has 0 saturated carbocycles. The molecule has 8 heteroatoms. The number of nitrogens with zero attached hydrogens (tertiary/aromatic N) is 4. The van der Waals surface area contributed by atoms with Crippen LogP contribution >= 0.6 is 0 Å². The van der Waals surface area contributed by atoms with Gasteiger partial charge in [0.15, 0.2) is 0 Å². The molecule has 0 fully saturated rings. The van der Waals surface area contributed by atoms with E-state index in [1.165, 1.54) is 0 Å². The van der Waals surface area contributed by atoms with Crippen molar-refractivity contribution in [2.24, 2.45) is 0 Å². The molecule has 1 N–H and O–H groups in total. The van der Waals surface area contributed by atoms with Crippen LogP contribution in [-0.2, 0) is 22.7 Å². The Morgan fingerprint density at radius 2 is 1.83 bits per heavy atom. The van der Waals surface area contributed by atoms with Gasteiger partial charge in [-0.15, -0.1) is 5.10 Å². The summed E-state index contributed by atoms with van der Waals surface area (Å²) in [4.78, 5) is 29.2. The number of aromatic nitrogens is 3. The summed E-state index contributed by atoms with van der Waals surface area (Å²) >= 11 is 0. The number of benzene rings is 2. The lowest BCUT2D eigenvalue weighted by Crippen LogP contribution is -2.50. The van der Waals surface area contributed by atoms with Gasteiger partial charge in [0.25, 0.3) is 0 Å². The number of carbonyl (C=O) groups is 2. The summed E-state index contributed by atoms with van der Waals surface area (Å²) in [6, 6.07) is 17.8. The Bertz CT molecular complexity index is 1310. The zero-order valence-corrected chi connectivity index (χ0v) is 20.6. The van der Waals surface area contributed by atoms with Crippen molar-refractivity contribution < 1.29 is 14.0 Å². The largest absolute Gasteiger partial charge is 0.467 e. The van der Waals surface area contributed by atoms with Crippen LogP contribution in [-0.4, -0.2) is 37.2 Å². The summed E-state index contributed by atoms with van der Waals surface area (Å²) in [5.41, 5.74) is 2.71. The maximum atomic E-state index is 13.9.